The fourth-order valence-electron chi connectivity index (χ4n) is 1.56. The van der Waals surface area contributed by atoms with Crippen LogP contribution in [0.3, 0.4) is 0 Å². The molecule has 17 heavy (non-hydrogen) atoms. The number of hydrogen-bond acceptors (Lipinski definition) is 4. The van der Waals surface area contributed by atoms with Crippen LogP contribution in [0.1, 0.15) is 19.7 Å². The van der Waals surface area contributed by atoms with Crippen LogP contribution in [0.2, 0.25) is 5.02 Å². The first kappa shape index (κ1) is 11.9. The molecule has 1 aromatic carbocycles. The molecule has 0 fully saturated rings. The SMILES string of the molecule is CC(C)Cc1noc(-c2cc(N)cc(Cl)c2)n1. The summed E-state index contributed by atoms with van der Waals surface area (Å²) in [5, 5.41) is 4.48. The van der Waals surface area contributed by atoms with E-state index >= 15 is 0 Å². The largest absolute Gasteiger partial charge is 0.399 e. The van der Waals surface area contributed by atoms with Gasteiger partial charge in [-0.05, 0) is 24.1 Å². The Morgan fingerprint density at radius 1 is 1.35 bits per heavy atom. The Kier molecular flexibility index (Phi) is 3.33. The Morgan fingerprint density at radius 2 is 2.12 bits per heavy atom. The summed E-state index contributed by atoms with van der Waals surface area (Å²) in [5.41, 5.74) is 7.04. The number of nitrogens with zero attached hydrogens (tertiary/aromatic N) is 2. The lowest BCUT2D eigenvalue weighted by molar-refractivity contribution is 0.418. The van der Waals surface area contributed by atoms with E-state index in [4.69, 9.17) is 21.9 Å². The molecule has 1 heterocycles. The number of anilines is 1. The lowest BCUT2D eigenvalue weighted by Gasteiger charge is -1.98. The van der Waals surface area contributed by atoms with E-state index in [1.54, 1.807) is 18.2 Å². The van der Waals surface area contributed by atoms with Gasteiger partial charge in [0.25, 0.3) is 5.89 Å². The summed E-state index contributed by atoms with van der Waals surface area (Å²) in [6, 6.07) is 5.19. The van der Waals surface area contributed by atoms with Gasteiger partial charge < -0.3 is 10.3 Å². The predicted octanol–water partition coefficient (Wildman–Crippen LogP) is 3.17. The molecule has 0 unspecified atom stereocenters. The van der Waals surface area contributed by atoms with E-state index < -0.39 is 0 Å². The van der Waals surface area contributed by atoms with Crippen LogP contribution in [0.25, 0.3) is 11.5 Å². The van der Waals surface area contributed by atoms with Crippen LogP contribution in [0.5, 0.6) is 0 Å². The number of nitrogens with two attached hydrogens (primary N) is 1. The average molecular weight is 252 g/mol. The molecule has 0 aliphatic rings. The predicted molar refractivity (Wildman–Crippen MR) is 67.7 cm³/mol. The van der Waals surface area contributed by atoms with Crippen molar-refractivity contribution in [3.05, 3.63) is 29.0 Å². The van der Waals surface area contributed by atoms with Gasteiger partial charge in [0.15, 0.2) is 5.82 Å². The van der Waals surface area contributed by atoms with Gasteiger partial charge in [0.1, 0.15) is 0 Å². The molecule has 2 aromatic rings. The van der Waals surface area contributed by atoms with Gasteiger partial charge in [0.05, 0.1) is 0 Å². The number of benzene rings is 1. The van der Waals surface area contributed by atoms with E-state index in [1.807, 2.05) is 0 Å². The number of rotatable bonds is 3. The first-order valence-electron chi connectivity index (χ1n) is 5.43. The summed E-state index contributed by atoms with van der Waals surface area (Å²) in [6.07, 6.45) is 0.791. The summed E-state index contributed by atoms with van der Waals surface area (Å²) in [5.74, 6) is 1.65. The molecule has 90 valence electrons. The van der Waals surface area contributed by atoms with E-state index in [0.29, 0.717) is 28.3 Å². The summed E-state index contributed by atoms with van der Waals surface area (Å²) in [7, 11) is 0. The van der Waals surface area contributed by atoms with Crippen LogP contribution >= 0.6 is 11.6 Å². The van der Waals surface area contributed by atoms with E-state index in [2.05, 4.69) is 24.0 Å². The Labute approximate surface area is 105 Å². The van der Waals surface area contributed by atoms with Crippen molar-refractivity contribution in [3.63, 3.8) is 0 Å². The molecule has 0 saturated carbocycles. The number of nitrogen functional groups attached to an aromatic ring is 1. The maximum absolute atomic E-state index is 5.92. The topological polar surface area (TPSA) is 64.9 Å². The minimum absolute atomic E-state index is 0.454. The number of aromatic nitrogens is 2. The van der Waals surface area contributed by atoms with Gasteiger partial charge in [0.2, 0.25) is 0 Å². The Balaban J connectivity index is 2.30. The van der Waals surface area contributed by atoms with Crippen molar-refractivity contribution in [1.82, 2.24) is 10.1 Å². The third-order valence-electron chi connectivity index (χ3n) is 2.23. The summed E-state index contributed by atoms with van der Waals surface area (Å²) in [4.78, 5) is 4.31. The molecule has 0 aliphatic carbocycles. The molecule has 0 amide bonds. The quantitative estimate of drug-likeness (QED) is 0.851. The fourth-order valence-corrected chi connectivity index (χ4v) is 1.80. The van der Waals surface area contributed by atoms with Gasteiger partial charge in [-0.2, -0.15) is 4.98 Å². The van der Waals surface area contributed by atoms with Gasteiger partial charge >= 0.3 is 0 Å². The van der Waals surface area contributed by atoms with Crippen LogP contribution in [-0.2, 0) is 6.42 Å². The Morgan fingerprint density at radius 3 is 2.76 bits per heavy atom. The smallest absolute Gasteiger partial charge is 0.258 e. The van der Waals surface area contributed by atoms with E-state index in [-0.39, 0.29) is 0 Å². The van der Waals surface area contributed by atoms with Crippen LogP contribution in [0.4, 0.5) is 5.69 Å². The molecule has 4 nitrogen and oxygen atoms in total. The highest BCUT2D eigenvalue weighted by molar-refractivity contribution is 6.31. The van der Waals surface area contributed by atoms with Crippen molar-refractivity contribution in [3.8, 4) is 11.5 Å². The number of halogens is 1. The normalized spacial score (nSPS) is 11.1. The van der Waals surface area contributed by atoms with Crippen molar-refractivity contribution in [1.29, 1.82) is 0 Å². The van der Waals surface area contributed by atoms with Crippen molar-refractivity contribution in [2.75, 3.05) is 5.73 Å². The molecule has 0 radical (unpaired) electrons. The molecule has 0 spiro atoms. The third-order valence-corrected chi connectivity index (χ3v) is 2.44. The fraction of sp³-hybridized carbons (Fsp3) is 0.333. The second-order valence-corrected chi connectivity index (χ2v) is 4.82. The van der Waals surface area contributed by atoms with Crippen LogP contribution < -0.4 is 5.73 Å². The van der Waals surface area contributed by atoms with Crippen LogP contribution in [0.15, 0.2) is 22.7 Å². The second-order valence-electron chi connectivity index (χ2n) is 4.39. The van der Waals surface area contributed by atoms with Crippen molar-refractivity contribution < 1.29 is 4.52 Å². The average Bonchev–Trinajstić information content (AvgIpc) is 2.63. The van der Waals surface area contributed by atoms with Crippen LogP contribution in [0, 0.1) is 5.92 Å². The summed E-state index contributed by atoms with van der Waals surface area (Å²) in [6.45, 7) is 4.21. The first-order chi connectivity index (χ1) is 8.04. The molecule has 2 rings (SSSR count). The molecule has 0 aliphatic heterocycles. The first-order valence-corrected chi connectivity index (χ1v) is 5.81. The molecular weight excluding hydrogens is 238 g/mol. The zero-order valence-corrected chi connectivity index (χ0v) is 10.5. The van der Waals surface area contributed by atoms with Crippen LogP contribution in [-0.4, -0.2) is 10.1 Å². The third kappa shape index (κ3) is 2.97. The Bertz CT molecular complexity index is 502. The van der Waals surface area contributed by atoms with Crippen molar-refractivity contribution in [2.45, 2.75) is 20.3 Å². The molecule has 1 aromatic heterocycles. The summed E-state index contributed by atoms with van der Waals surface area (Å²) < 4.78 is 5.19. The molecular formula is C12H14ClN3O. The molecule has 5 heteroatoms. The van der Waals surface area contributed by atoms with Gasteiger partial charge in [-0.15, -0.1) is 0 Å². The highest BCUT2D eigenvalue weighted by Gasteiger charge is 2.11. The standard InChI is InChI=1S/C12H14ClN3O/c1-7(2)3-11-15-12(17-16-11)8-4-9(13)6-10(14)5-8/h4-7H,3,14H2,1-2H3. The maximum Gasteiger partial charge on any atom is 0.258 e. The van der Waals surface area contributed by atoms with E-state index in [9.17, 15) is 0 Å². The highest BCUT2D eigenvalue weighted by atomic mass is 35.5. The molecule has 0 bridgehead atoms. The number of hydrogen-bond donors (Lipinski definition) is 1. The monoisotopic (exact) mass is 251 g/mol. The van der Waals surface area contributed by atoms with Gasteiger partial charge in [-0.25, -0.2) is 0 Å². The minimum Gasteiger partial charge on any atom is -0.399 e. The van der Waals surface area contributed by atoms with Gasteiger partial charge in [-0.1, -0.05) is 30.6 Å². The second kappa shape index (κ2) is 4.75. The lowest BCUT2D eigenvalue weighted by Crippen LogP contribution is -1.95. The molecule has 0 saturated heterocycles. The van der Waals surface area contributed by atoms with E-state index in [0.717, 1.165) is 12.0 Å². The molecule has 0 atom stereocenters. The zero-order valence-electron chi connectivity index (χ0n) is 9.77. The van der Waals surface area contributed by atoms with Crippen molar-refractivity contribution >= 4 is 17.3 Å². The van der Waals surface area contributed by atoms with Gasteiger partial charge in [-0.3, -0.25) is 0 Å². The minimum atomic E-state index is 0.454. The lowest BCUT2D eigenvalue weighted by atomic mass is 10.1. The summed E-state index contributed by atoms with van der Waals surface area (Å²) >= 11 is 5.92. The van der Waals surface area contributed by atoms with Crippen molar-refractivity contribution in [2.24, 2.45) is 5.92 Å². The highest BCUT2D eigenvalue weighted by Crippen LogP contribution is 2.24. The van der Waals surface area contributed by atoms with Gasteiger partial charge in [0, 0.05) is 22.7 Å². The van der Waals surface area contributed by atoms with E-state index in [1.165, 1.54) is 0 Å². The maximum atomic E-state index is 5.92. The zero-order chi connectivity index (χ0) is 12.4. The Hall–Kier alpha value is -1.55. The molecule has 2 N–H and O–H groups in total.